The molecule has 0 unspecified atom stereocenters. The maximum atomic E-state index is 8.95. The van der Waals surface area contributed by atoms with Crippen LogP contribution in [0.2, 0.25) is 0 Å². The molecule has 0 atom stereocenters. The van der Waals surface area contributed by atoms with Crippen molar-refractivity contribution in [1.29, 1.82) is 5.26 Å². The fourth-order valence-electron chi connectivity index (χ4n) is 2.20. The molecule has 0 spiro atoms. The maximum absolute atomic E-state index is 8.95. The quantitative estimate of drug-likeness (QED) is 0.699. The predicted octanol–water partition coefficient (Wildman–Crippen LogP) is 4.07. The molecule has 0 aliphatic rings. The first kappa shape index (κ1) is 11.9. The second-order valence-electron chi connectivity index (χ2n) is 4.51. The molecule has 3 heteroatoms. The summed E-state index contributed by atoms with van der Waals surface area (Å²) in [4.78, 5) is 5.50. The fraction of sp³-hybridized carbons (Fsp3) is 0.125. The van der Waals surface area contributed by atoms with Crippen LogP contribution in [0.25, 0.3) is 10.1 Å². The molecule has 0 N–H and O–H groups in total. The van der Waals surface area contributed by atoms with E-state index >= 15 is 0 Å². The molecule has 0 saturated heterocycles. The monoisotopic (exact) mass is 264 g/mol. The minimum absolute atomic E-state index is 0.724. The standard InChI is InChI=1S/C16H12N2S/c1-11-14-5-4-12(9-17)7-16(14)19-15(11)8-13-3-2-6-18-10-13/h2-7,10H,8H2,1H3. The molecule has 0 aliphatic heterocycles. The van der Waals surface area contributed by atoms with Gasteiger partial charge in [0.15, 0.2) is 0 Å². The Labute approximate surface area is 116 Å². The Morgan fingerprint density at radius 1 is 1.32 bits per heavy atom. The van der Waals surface area contributed by atoms with Crippen molar-refractivity contribution in [2.24, 2.45) is 0 Å². The number of aromatic nitrogens is 1. The van der Waals surface area contributed by atoms with Gasteiger partial charge in [0.1, 0.15) is 0 Å². The SMILES string of the molecule is Cc1c(Cc2cccnc2)sc2cc(C#N)ccc12. The van der Waals surface area contributed by atoms with Crippen LogP contribution in [0.15, 0.2) is 42.7 Å². The predicted molar refractivity (Wildman–Crippen MR) is 78.3 cm³/mol. The zero-order valence-corrected chi connectivity index (χ0v) is 11.4. The molecule has 0 saturated carbocycles. The van der Waals surface area contributed by atoms with Gasteiger partial charge in [0.2, 0.25) is 0 Å². The van der Waals surface area contributed by atoms with Crippen LogP contribution in [0.1, 0.15) is 21.6 Å². The summed E-state index contributed by atoms with van der Waals surface area (Å²) >= 11 is 1.77. The molecular formula is C16H12N2S. The van der Waals surface area contributed by atoms with Crippen LogP contribution in [0.4, 0.5) is 0 Å². The molecule has 0 fully saturated rings. The van der Waals surface area contributed by atoms with Gasteiger partial charge in [-0.3, -0.25) is 4.98 Å². The Balaban J connectivity index is 2.05. The number of rotatable bonds is 2. The number of hydrogen-bond donors (Lipinski definition) is 0. The van der Waals surface area contributed by atoms with Crippen molar-refractivity contribution >= 4 is 21.4 Å². The van der Waals surface area contributed by atoms with E-state index in [4.69, 9.17) is 5.26 Å². The number of fused-ring (bicyclic) bond motifs is 1. The second-order valence-corrected chi connectivity index (χ2v) is 5.65. The van der Waals surface area contributed by atoms with Gasteiger partial charge in [0.05, 0.1) is 11.6 Å². The summed E-state index contributed by atoms with van der Waals surface area (Å²) in [6.07, 6.45) is 4.60. The zero-order valence-electron chi connectivity index (χ0n) is 10.6. The third kappa shape index (κ3) is 2.23. The third-order valence-electron chi connectivity index (χ3n) is 3.25. The average Bonchev–Trinajstić information content (AvgIpc) is 2.76. The Hall–Kier alpha value is -2.18. The average molecular weight is 264 g/mol. The fourth-order valence-corrected chi connectivity index (χ4v) is 3.49. The highest BCUT2D eigenvalue weighted by atomic mass is 32.1. The van der Waals surface area contributed by atoms with Crippen LogP contribution in [-0.2, 0) is 6.42 Å². The highest BCUT2D eigenvalue weighted by Crippen LogP contribution is 2.32. The number of pyridine rings is 1. The van der Waals surface area contributed by atoms with Crippen molar-refractivity contribution in [2.75, 3.05) is 0 Å². The summed E-state index contributed by atoms with van der Waals surface area (Å²) in [6.45, 7) is 2.15. The lowest BCUT2D eigenvalue weighted by molar-refractivity contribution is 1.16. The van der Waals surface area contributed by atoms with Crippen LogP contribution >= 0.6 is 11.3 Å². The summed E-state index contributed by atoms with van der Waals surface area (Å²) in [5.41, 5.74) is 3.26. The van der Waals surface area contributed by atoms with Gasteiger partial charge in [-0.2, -0.15) is 5.26 Å². The normalized spacial score (nSPS) is 10.5. The summed E-state index contributed by atoms with van der Waals surface area (Å²) < 4.78 is 1.19. The number of nitriles is 1. The van der Waals surface area contributed by atoms with E-state index in [1.807, 2.05) is 30.5 Å². The minimum atomic E-state index is 0.724. The number of hydrogen-bond acceptors (Lipinski definition) is 3. The van der Waals surface area contributed by atoms with E-state index in [9.17, 15) is 0 Å². The van der Waals surface area contributed by atoms with E-state index in [0.29, 0.717) is 0 Å². The second kappa shape index (κ2) is 4.83. The number of thiophene rings is 1. The van der Waals surface area contributed by atoms with E-state index in [1.54, 1.807) is 17.5 Å². The Morgan fingerprint density at radius 3 is 2.95 bits per heavy atom. The Kier molecular flexibility index (Phi) is 3.02. The van der Waals surface area contributed by atoms with Gasteiger partial charge < -0.3 is 0 Å². The van der Waals surface area contributed by atoms with Crippen LogP contribution in [0.3, 0.4) is 0 Å². The molecule has 1 aromatic carbocycles. The Morgan fingerprint density at radius 2 is 2.21 bits per heavy atom. The van der Waals surface area contributed by atoms with E-state index in [0.717, 1.165) is 12.0 Å². The minimum Gasteiger partial charge on any atom is -0.264 e. The van der Waals surface area contributed by atoms with E-state index < -0.39 is 0 Å². The molecule has 2 nitrogen and oxygen atoms in total. The van der Waals surface area contributed by atoms with Gasteiger partial charge in [0.25, 0.3) is 0 Å². The van der Waals surface area contributed by atoms with E-state index in [-0.39, 0.29) is 0 Å². The summed E-state index contributed by atoms with van der Waals surface area (Å²) in [5.74, 6) is 0. The van der Waals surface area contributed by atoms with Gasteiger partial charge in [-0.05, 0) is 41.6 Å². The number of benzene rings is 1. The Bertz CT molecular complexity index is 767. The molecule has 3 rings (SSSR count). The summed E-state index contributed by atoms with van der Waals surface area (Å²) in [6, 6.07) is 12.2. The van der Waals surface area contributed by atoms with Gasteiger partial charge >= 0.3 is 0 Å². The molecule has 0 radical (unpaired) electrons. The van der Waals surface area contributed by atoms with Crippen LogP contribution in [-0.4, -0.2) is 4.98 Å². The van der Waals surface area contributed by atoms with Crippen molar-refractivity contribution in [3.05, 3.63) is 64.3 Å². The van der Waals surface area contributed by atoms with Crippen molar-refractivity contribution in [1.82, 2.24) is 4.98 Å². The largest absolute Gasteiger partial charge is 0.264 e. The van der Waals surface area contributed by atoms with Crippen LogP contribution in [0, 0.1) is 18.3 Å². The van der Waals surface area contributed by atoms with Gasteiger partial charge in [-0.1, -0.05) is 12.1 Å². The smallest absolute Gasteiger partial charge is 0.0992 e. The third-order valence-corrected chi connectivity index (χ3v) is 4.51. The zero-order chi connectivity index (χ0) is 13.2. The first-order valence-corrected chi connectivity index (χ1v) is 6.90. The molecule has 3 aromatic rings. The lowest BCUT2D eigenvalue weighted by Gasteiger charge is -1.99. The maximum Gasteiger partial charge on any atom is 0.0992 e. The van der Waals surface area contributed by atoms with E-state index in [2.05, 4.69) is 24.0 Å². The first-order valence-electron chi connectivity index (χ1n) is 6.09. The highest BCUT2D eigenvalue weighted by molar-refractivity contribution is 7.19. The molecule has 92 valence electrons. The summed E-state index contributed by atoms with van der Waals surface area (Å²) in [7, 11) is 0. The first-order chi connectivity index (χ1) is 9.28. The van der Waals surface area contributed by atoms with Crippen LogP contribution in [0.5, 0.6) is 0 Å². The van der Waals surface area contributed by atoms with Crippen molar-refractivity contribution in [3.63, 3.8) is 0 Å². The molecule has 0 aliphatic carbocycles. The molecule has 0 amide bonds. The lowest BCUT2D eigenvalue weighted by atomic mass is 10.1. The van der Waals surface area contributed by atoms with Gasteiger partial charge in [-0.25, -0.2) is 0 Å². The molecular weight excluding hydrogens is 252 g/mol. The number of nitrogens with zero attached hydrogens (tertiary/aromatic N) is 2. The van der Waals surface area contributed by atoms with Gasteiger partial charge in [0, 0.05) is 28.4 Å². The van der Waals surface area contributed by atoms with Crippen molar-refractivity contribution in [2.45, 2.75) is 13.3 Å². The molecule has 19 heavy (non-hydrogen) atoms. The van der Waals surface area contributed by atoms with Crippen molar-refractivity contribution in [3.8, 4) is 6.07 Å². The summed E-state index contributed by atoms with van der Waals surface area (Å²) in [5, 5.41) is 10.2. The molecule has 0 bridgehead atoms. The van der Waals surface area contributed by atoms with Gasteiger partial charge in [-0.15, -0.1) is 11.3 Å². The van der Waals surface area contributed by atoms with Crippen LogP contribution < -0.4 is 0 Å². The molecule has 2 aromatic heterocycles. The number of aryl methyl sites for hydroxylation is 1. The van der Waals surface area contributed by atoms with E-state index in [1.165, 1.54) is 26.1 Å². The van der Waals surface area contributed by atoms with Crippen molar-refractivity contribution < 1.29 is 0 Å². The topological polar surface area (TPSA) is 36.7 Å². The highest BCUT2D eigenvalue weighted by Gasteiger charge is 2.09. The molecule has 2 heterocycles. The lowest BCUT2D eigenvalue weighted by Crippen LogP contribution is -1.87.